The lowest BCUT2D eigenvalue weighted by atomic mass is 9.95. The molecular weight excluding hydrogens is 354 g/mol. The lowest BCUT2D eigenvalue weighted by molar-refractivity contribution is -0.140. The molecule has 2 heterocycles. The number of likely N-dealkylation sites (tertiary alicyclic amines) is 1. The maximum Gasteiger partial charge on any atom is 0.296 e. The molecule has 1 amide bonds. The number of amides is 1. The van der Waals surface area contributed by atoms with Crippen molar-refractivity contribution < 1.29 is 19.1 Å². The molecule has 1 fully saturated rings. The molecule has 28 heavy (non-hydrogen) atoms. The predicted octanol–water partition coefficient (Wildman–Crippen LogP) is 4.21. The zero-order valence-electron chi connectivity index (χ0n) is 15.3. The molecular formula is C23H19NO4. The summed E-state index contributed by atoms with van der Waals surface area (Å²) in [6.45, 7) is 2.08. The zero-order valence-corrected chi connectivity index (χ0v) is 15.3. The summed E-state index contributed by atoms with van der Waals surface area (Å²) in [6, 6.07) is 19.2. The van der Waals surface area contributed by atoms with Crippen LogP contribution in [0.2, 0.25) is 0 Å². The molecule has 1 aliphatic rings. The van der Waals surface area contributed by atoms with Crippen molar-refractivity contribution in [2.24, 2.45) is 0 Å². The van der Waals surface area contributed by atoms with Crippen LogP contribution in [0.3, 0.4) is 0 Å². The van der Waals surface area contributed by atoms with E-state index in [1.165, 1.54) is 11.2 Å². The van der Waals surface area contributed by atoms with Crippen LogP contribution in [0.1, 0.15) is 28.5 Å². The minimum Gasteiger partial charge on any atom is -0.507 e. The van der Waals surface area contributed by atoms with E-state index in [0.717, 1.165) is 11.1 Å². The molecule has 0 unspecified atom stereocenters. The highest BCUT2D eigenvalue weighted by Crippen LogP contribution is 2.40. The van der Waals surface area contributed by atoms with E-state index in [1.807, 2.05) is 49.4 Å². The Morgan fingerprint density at radius 1 is 1.00 bits per heavy atom. The third kappa shape index (κ3) is 3.11. The van der Waals surface area contributed by atoms with Crippen LogP contribution >= 0.6 is 0 Å². The molecule has 2 aromatic carbocycles. The first-order valence-corrected chi connectivity index (χ1v) is 8.99. The maximum atomic E-state index is 12.9. The molecule has 0 spiro atoms. The van der Waals surface area contributed by atoms with E-state index in [9.17, 15) is 14.7 Å². The van der Waals surface area contributed by atoms with Crippen molar-refractivity contribution in [2.75, 3.05) is 0 Å². The van der Waals surface area contributed by atoms with Crippen LogP contribution in [-0.4, -0.2) is 21.7 Å². The first kappa shape index (κ1) is 17.8. The van der Waals surface area contributed by atoms with Crippen LogP contribution in [0.5, 0.6) is 0 Å². The van der Waals surface area contributed by atoms with Crippen molar-refractivity contribution in [3.63, 3.8) is 0 Å². The van der Waals surface area contributed by atoms with Gasteiger partial charge in [0, 0.05) is 5.56 Å². The fourth-order valence-electron chi connectivity index (χ4n) is 3.46. The Kier molecular flexibility index (Phi) is 4.57. The van der Waals surface area contributed by atoms with Gasteiger partial charge in [-0.05, 0) is 24.6 Å². The minimum absolute atomic E-state index is 0.0895. The van der Waals surface area contributed by atoms with E-state index in [2.05, 4.69) is 0 Å². The van der Waals surface area contributed by atoms with Gasteiger partial charge in [0.1, 0.15) is 11.5 Å². The van der Waals surface area contributed by atoms with E-state index >= 15 is 0 Å². The lowest BCUT2D eigenvalue weighted by Gasteiger charge is -2.24. The van der Waals surface area contributed by atoms with Crippen LogP contribution in [0, 0.1) is 6.92 Å². The quantitative estimate of drug-likeness (QED) is 0.422. The van der Waals surface area contributed by atoms with Gasteiger partial charge in [0.15, 0.2) is 0 Å². The fraction of sp³-hybridized carbons (Fsp3) is 0.130. The second-order valence-corrected chi connectivity index (χ2v) is 6.78. The molecule has 0 aliphatic carbocycles. The molecule has 1 atom stereocenters. The number of rotatable bonds is 4. The standard InChI is InChI=1S/C23H19NO4/c1-15-9-11-17(12-10-15)21(25)19-20(16-6-3-2-4-7-16)24(23(27)22(19)26)14-18-8-5-13-28-18/h2-13,20,25H,14H2,1H3/b21-19+/t20-/m0/s1. The summed E-state index contributed by atoms with van der Waals surface area (Å²) in [5, 5.41) is 10.9. The molecule has 4 rings (SSSR count). The van der Waals surface area contributed by atoms with Crippen LogP contribution < -0.4 is 0 Å². The molecule has 140 valence electrons. The molecule has 0 saturated carbocycles. The molecule has 3 aromatic rings. The van der Waals surface area contributed by atoms with Gasteiger partial charge in [-0.3, -0.25) is 9.59 Å². The average molecular weight is 373 g/mol. The van der Waals surface area contributed by atoms with E-state index < -0.39 is 17.7 Å². The van der Waals surface area contributed by atoms with E-state index in [4.69, 9.17) is 4.42 Å². The number of benzene rings is 2. The third-order valence-corrected chi connectivity index (χ3v) is 4.89. The second-order valence-electron chi connectivity index (χ2n) is 6.78. The maximum absolute atomic E-state index is 12.9. The van der Waals surface area contributed by atoms with Gasteiger partial charge in [0.05, 0.1) is 24.4 Å². The topological polar surface area (TPSA) is 70.8 Å². The van der Waals surface area contributed by atoms with E-state index in [0.29, 0.717) is 11.3 Å². The fourth-order valence-corrected chi connectivity index (χ4v) is 3.46. The van der Waals surface area contributed by atoms with Crippen molar-refractivity contribution in [3.8, 4) is 0 Å². The first-order valence-electron chi connectivity index (χ1n) is 8.99. The van der Waals surface area contributed by atoms with E-state index in [1.54, 1.807) is 24.3 Å². The van der Waals surface area contributed by atoms with Crippen LogP contribution in [0.25, 0.3) is 5.76 Å². The Morgan fingerprint density at radius 3 is 2.36 bits per heavy atom. The third-order valence-electron chi connectivity index (χ3n) is 4.89. The Hall–Kier alpha value is -3.60. The molecule has 0 bridgehead atoms. The number of furan rings is 1. The summed E-state index contributed by atoms with van der Waals surface area (Å²) >= 11 is 0. The molecule has 1 saturated heterocycles. The number of ketones is 1. The number of aliphatic hydroxyl groups is 1. The summed E-state index contributed by atoms with van der Waals surface area (Å²) in [7, 11) is 0. The Bertz CT molecular complexity index is 1030. The highest BCUT2D eigenvalue weighted by atomic mass is 16.3. The summed E-state index contributed by atoms with van der Waals surface area (Å²) in [5.74, 6) is -0.954. The highest BCUT2D eigenvalue weighted by molar-refractivity contribution is 6.46. The normalized spacial score (nSPS) is 18.6. The molecule has 1 aliphatic heterocycles. The molecule has 1 N–H and O–H groups in total. The lowest BCUT2D eigenvalue weighted by Crippen LogP contribution is -2.29. The zero-order chi connectivity index (χ0) is 19.7. The largest absolute Gasteiger partial charge is 0.507 e. The van der Waals surface area contributed by atoms with E-state index in [-0.39, 0.29) is 17.9 Å². The van der Waals surface area contributed by atoms with Gasteiger partial charge >= 0.3 is 0 Å². The predicted molar refractivity (Wildman–Crippen MR) is 104 cm³/mol. The summed E-state index contributed by atoms with van der Waals surface area (Å²) in [6.07, 6.45) is 1.52. The Balaban J connectivity index is 1.85. The van der Waals surface area contributed by atoms with Crippen molar-refractivity contribution in [2.45, 2.75) is 19.5 Å². The van der Waals surface area contributed by atoms with Gasteiger partial charge in [-0.2, -0.15) is 0 Å². The van der Waals surface area contributed by atoms with Crippen molar-refractivity contribution in [1.82, 2.24) is 4.90 Å². The summed E-state index contributed by atoms with van der Waals surface area (Å²) in [5.41, 5.74) is 2.38. The van der Waals surface area contributed by atoms with Crippen molar-refractivity contribution >= 4 is 17.4 Å². The Labute approximate surface area is 162 Å². The minimum atomic E-state index is -0.696. The second kappa shape index (κ2) is 7.19. The Morgan fingerprint density at radius 2 is 1.71 bits per heavy atom. The number of hydrogen-bond acceptors (Lipinski definition) is 4. The van der Waals surface area contributed by atoms with Gasteiger partial charge in [-0.1, -0.05) is 60.2 Å². The van der Waals surface area contributed by atoms with Crippen LogP contribution in [0.4, 0.5) is 0 Å². The van der Waals surface area contributed by atoms with Gasteiger partial charge in [-0.25, -0.2) is 0 Å². The number of aliphatic hydroxyl groups excluding tert-OH is 1. The van der Waals surface area contributed by atoms with Gasteiger partial charge in [-0.15, -0.1) is 0 Å². The van der Waals surface area contributed by atoms with Gasteiger partial charge in [0.25, 0.3) is 11.7 Å². The number of carbonyl (C=O) groups excluding carboxylic acids is 2. The van der Waals surface area contributed by atoms with Crippen LogP contribution in [0.15, 0.2) is 83.0 Å². The monoisotopic (exact) mass is 373 g/mol. The molecule has 5 heteroatoms. The number of Topliss-reactive ketones (excluding diaryl/α,β-unsaturated/α-hetero) is 1. The summed E-state index contributed by atoms with van der Waals surface area (Å²) < 4.78 is 5.37. The van der Waals surface area contributed by atoms with Crippen molar-refractivity contribution in [3.05, 3.63) is 101 Å². The highest BCUT2D eigenvalue weighted by Gasteiger charge is 2.46. The number of aryl methyl sites for hydroxylation is 1. The molecule has 0 radical (unpaired) electrons. The van der Waals surface area contributed by atoms with Crippen LogP contribution in [-0.2, 0) is 16.1 Å². The van der Waals surface area contributed by atoms with Gasteiger partial charge in [0.2, 0.25) is 0 Å². The number of hydrogen-bond donors (Lipinski definition) is 1. The number of carbonyl (C=O) groups is 2. The summed E-state index contributed by atoms with van der Waals surface area (Å²) in [4.78, 5) is 27.1. The number of nitrogens with zero attached hydrogens (tertiary/aromatic N) is 1. The molecule has 5 nitrogen and oxygen atoms in total. The first-order chi connectivity index (χ1) is 13.6. The average Bonchev–Trinajstić information content (AvgIpc) is 3.31. The smallest absolute Gasteiger partial charge is 0.296 e. The molecule has 1 aromatic heterocycles. The van der Waals surface area contributed by atoms with Gasteiger partial charge < -0.3 is 14.4 Å². The van der Waals surface area contributed by atoms with Crippen molar-refractivity contribution in [1.29, 1.82) is 0 Å². The SMILES string of the molecule is Cc1ccc(/C(O)=C2\C(=O)C(=O)N(Cc3ccco3)[C@H]2c2ccccc2)cc1.